The van der Waals surface area contributed by atoms with Gasteiger partial charge < -0.3 is 10.1 Å². The van der Waals surface area contributed by atoms with E-state index in [-0.39, 0.29) is 11.3 Å². The summed E-state index contributed by atoms with van der Waals surface area (Å²) >= 11 is 6.28. The van der Waals surface area contributed by atoms with Gasteiger partial charge in [-0.25, -0.2) is 4.90 Å². The Balaban J connectivity index is 1.84. The molecule has 2 amide bonds. The normalized spacial score (nSPS) is 13.7. The second-order valence-corrected chi connectivity index (χ2v) is 7.91. The van der Waals surface area contributed by atoms with E-state index in [0.29, 0.717) is 27.7 Å². The third-order valence-electron chi connectivity index (χ3n) is 5.50. The molecule has 0 unspecified atom stereocenters. The van der Waals surface area contributed by atoms with Crippen LogP contribution < -0.4 is 15.0 Å². The van der Waals surface area contributed by atoms with Crippen molar-refractivity contribution in [2.75, 3.05) is 17.3 Å². The Morgan fingerprint density at radius 1 is 0.969 bits per heavy atom. The Morgan fingerprint density at radius 3 is 2.34 bits per heavy atom. The lowest BCUT2D eigenvalue weighted by atomic mass is 10.0. The van der Waals surface area contributed by atoms with Crippen LogP contribution in [0.3, 0.4) is 0 Å². The summed E-state index contributed by atoms with van der Waals surface area (Å²) in [4.78, 5) is 28.3. The first-order valence-electron chi connectivity index (χ1n) is 10.3. The molecule has 32 heavy (non-hydrogen) atoms. The van der Waals surface area contributed by atoms with E-state index in [4.69, 9.17) is 16.3 Å². The number of para-hydroxylation sites is 1. The number of benzene rings is 3. The molecule has 3 aromatic carbocycles. The van der Waals surface area contributed by atoms with Gasteiger partial charge in [-0.3, -0.25) is 9.59 Å². The molecule has 6 heteroatoms. The van der Waals surface area contributed by atoms with E-state index in [2.05, 4.69) is 12.2 Å². The van der Waals surface area contributed by atoms with E-state index < -0.39 is 11.8 Å². The lowest BCUT2D eigenvalue weighted by Crippen LogP contribution is -2.32. The number of hydrogen-bond acceptors (Lipinski definition) is 4. The largest absolute Gasteiger partial charge is 0.496 e. The highest BCUT2D eigenvalue weighted by molar-refractivity contribution is 6.46. The molecule has 162 valence electrons. The predicted octanol–water partition coefficient (Wildman–Crippen LogP) is 5.62. The van der Waals surface area contributed by atoms with Crippen molar-refractivity contribution < 1.29 is 14.3 Å². The monoisotopic (exact) mass is 446 g/mol. The van der Waals surface area contributed by atoms with Crippen LogP contribution in [0.4, 0.5) is 11.4 Å². The Labute approximate surface area is 192 Å². The zero-order valence-electron chi connectivity index (χ0n) is 18.1. The van der Waals surface area contributed by atoms with Crippen LogP contribution in [0, 0.1) is 6.92 Å². The van der Waals surface area contributed by atoms with Crippen molar-refractivity contribution >= 4 is 40.4 Å². The fourth-order valence-electron chi connectivity index (χ4n) is 3.68. The number of nitrogens with one attached hydrogen (secondary N) is 1. The second kappa shape index (κ2) is 8.89. The molecule has 0 fully saturated rings. The number of aryl methyl sites for hydroxylation is 2. The standard InChI is InChI=1S/C26H23ClN2O3/c1-4-17-10-13-19(14-11-17)29-25(30)23(20-7-5-6-8-22(20)32-3)24(26(29)31)28-18-12-9-16(2)21(27)15-18/h5-15,28H,4H2,1-3H3. The van der Waals surface area contributed by atoms with Crippen molar-refractivity contribution in [3.8, 4) is 5.75 Å². The van der Waals surface area contributed by atoms with Crippen LogP contribution in [-0.2, 0) is 16.0 Å². The molecule has 4 rings (SSSR count). The first kappa shape index (κ1) is 21.7. The van der Waals surface area contributed by atoms with Crippen molar-refractivity contribution in [2.45, 2.75) is 20.3 Å². The van der Waals surface area contributed by atoms with Crippen LogP contribution >= 0.6 is 11.6 Å². The van der Waals surface area contributed by atoms with E-state index in [1.54, 1.807) is 30.3 Å². The van der Waals surface area contributed by atoms with E-state index in [0.717, 1.165) is 17.5 Å². The summed E-state index contributed by atoms with van der Waals surface area (Å²) in [6.07, 6.45) is 0.869. The van der Waals surface area contributed by atoms with Gasteiger partial charge in [0.15, 0.2) is 0 Å². The molecule has 0 radical (unpaired) electrons. The number of ether oxygens (including phenoxy) is 1. The van der Waals surface area contributed by atoms with Gasteiger partial charge in [0.05, 0.1) is 18.4 Å². The van der Waals surface area contributed by atoms with E-state index in [9.17, 15) is 9.59 Å². The fraction of sp³-hybridized carbons (Fsp3) is 0.154. The smallest absolute Gasteiger partial charge is 0.282 e. The van der Waals surface area contributed by atoms with Gasteiger partial charge in [-0.05, 0) is 54.8 Å². The van der Waals surface area contributed by atoms with Gasteiger partial charge >= 0.3 is 0 Å². The zero-order chi connectivity index (χ0) is 22.8. The first-order valence-corrected chi connectivity index (χ1v) is 10.7. The van der Waals surface area contributed by atoms with Gasteiger partial charge in [0, 0.05) is 16.3 Å². The Kier molecular flexibility index (Phi) is 6.01. The molecule has 1 aliphatic heterocycles. The Bertz CT molecular complexity index is 1230. The molecule has 0 saturated carbocycles. The minimum Gasteiger partial charge on any atom is -0.496 e. The maximum absolute atomic E-state index is 13.6. The molecule has 5 nitrogen and oxygen atoms in total. The van der Waals surface area contributed by atoms with Crippen LogP contribution in [0.15, 0.2) is 72.4 Å². The highest BCUT2D eigenvalue weighted by Crippen LogP contribution is 2.37. The van der Waals surface area contributed by atoms with Crippen LogP contribution in [0.25, 0.3) is 5.57 Å². The summed E-state index contributed by atoms with van der Waals surface area (Å²) in [7, 11) is 1.54. The molecular weight excluding hydrogens is 424 g/mol. The lowest BCUT2D eigenvalue weighted by molar-refractivity contribution is -0.120. The quantitative estimate of drug-likeness (QED) is 0.499. The summed E-state index contributed by atoms with van der Waals surface area (Å²) in [6, 6.07) is 20.0. The number of imide groups is 1. The Hall–Kier alpha value is -3.57. The number of halogens is 1. The molecule has 0 spiro atoms. The third-order valence-corrected chi connectivity index (χ3v) is 5.91. The van der Waals surface area contributed by atoms with Crippen molar-refractivity contribution in [2.24, 2.45) is 0 Å². The van der Waals surface area contributed by atoms with Crippen LogP contribution in [-0.4, -0.2) is 18.9 Å². The molecule has 1 N–H and O–H groups in total. The highest BCUT2D eigenvalue weighted by Gasteiger charge is 2.41. The number of carbonyl (C=O) groups excluding carboxylic acids is 2. The van der Waals surface area contributed by atoms with Crippen molar-refractivity contribution in [3.05, 3.63) is 94.1 Å². The number of amides is 2. The zero-order valence-corrected chi connectivity index (χ0v) is 18.9. The minimum atomic E-state index is -0.433. The third kappa shape index (κ3) is 3.87. The molecule has 3 aromatic rings. The molecule has 1 heterocycles. The maximum Gasteiger partial charge on any atom is 0.282 e. The van der Waals surface area contributed by atoms with Crippen LogP contribution in [0.2, 0.25) is 5.02 Å². The Morgan fingerprint density at radius 2 is 1.69 bits per heavy atom. The molecule has 1 aliphatic rings. The average molecular weight is 447 g/mol. The number of anilines is 2. The average Bonchev–Trinajstić information content (AvgIpc) is 3.05. The van der Waals surface area contributed by atoms with Crippen LogP contribution in [0.5, 0.6) is 5.75 Å². The highest BCUT2D eigenvalue weighted by atomic mass is 35.5. The second-order valence-electron chi connectivity index (χ2n) is 7.50. The van der Waals surface area contributed by atoms with Gasteiger partial charge in [-0.2, -0.15) is 0 Å². The topological polar surface area (TPSA) is 58.6 Å². The summed E-state index contributed by atoms with van der Waals surface area (Å²) in [5, 5.41) is 3.71. The van der Waals surface area contributed by atoms with Crippen molar-refractivity contribution in [1.29, 1.82) is 0 Å². The number of nitrogens with zero attached hydrogens (tertiary/aromatic N) is 1. The summed E-state index contributed by atoms with van der Waals surface area (Å²) in [5.74, 6) is -0.339. The van der Waals surface area contributed by atoms with E-state index in [1.165, 1.54) is 12.0 Å². The molecule has 0 aliphatic carbocycles. The predicted molar refractivity (Wildman–Crippen MR) is 128 cm³/mol. The van der Waals surface area contributed by atoms with Crippen molar-refractivity contribution in [3.63, 3.8) is 0 Å². The number of hydrogen-bond donors (Lipinski definition) is 1. The fourth-order valence-corrected chi connectivity index (χ4v) is 3.86. The van der Waals surface area contributed by atoms with Gasteiger partial charge in [-0.1, -0.05) is 54.9 Å². The summed E-state index contributed by atoms with van der Waals surface area (Å²) in [5.41, 5.74) is 4.15. The maximum atomic E-state index is 13.6. The SMILES string of the molecule is CCc1ccc(N2C(=O)C(Nc3ccc(C)c(Cl)c3)=C(c3ccccc3OC)C2=O)cc1. The summed E-state index contributed by atoms with van der Waals surface area (Å²) < 4.78 is 5.48. The molecule has 0 bridgehead atoms. The van der Waals surface area contributed by atoms with Gasteiger partial charge in [0.2, 0.25) is 0 Å². The number of carbonyl (C=O) groups is 2. The molecular formula is C26H23ClN2O3. The number of rotatable bonds is 6. The van der Waals surface area contributed by atoms with Crippen LogP contribution in [0.1, 0.15) is 23.6 Å². The van der Waals surface area contributed by atoms with Crippen molar-refractivity contribution in [1.82, 2.24) is 0 Å². The lowest BCUT2D eigenvalue weighted by Gasteiger charge is -2.16. The molecule has 0 saturated heterocycles. The molecule has 0 atom stereocenters. The van der Waals surface area contributed by atoms with Gasteiger partial charge in [0.25, 0.3) is 11.8 Å². The molecule has 0 aromatic heterocycles. The van der Waals surface area contributed by atoms with E-state index >= 15 is 0 Å². The summed E-state index contributed by atoms with van der Waals surface area (Å²) in [6.45, 7) is 3.95. The van der Waals surface area contributed by atoms with Gasteiger partial charge in [0.1, 0.15) is 11.4 Å². The number of methoxy groups -OCH3 is 1. The van der Waals surface area contributed by atoms with E-state index in [1.807, 2.05) is 43.3 Å². The van der Waals surface area contributed by atoms with Gasteiger partial charge in [-0.15, -0.1) is 0 Å². The minimum absolute atomic E-state index is 0.180. The first-order chi connectivity index (χ1) is 15.4.